The van der Waals surface area contributed by atoms with Crippen molar-refractivity contribution in [2.24, 2.45) is 0 Å². The fourth-order valence-corrected chi connectivity index (χ4v) is 1.96. The standard InChI is InChI=1S/C12H18N2O2/c15-11-5-3-8-14-12(11)16-9-6-10-4-1-2-7-13-10/h3,5,8,10,13,15H,1-2,4,6-7,9H2. The summed E-state index contributed by atoms with van der Waals surface area (Å²) >= 11 is 0. The van der Waals surface area contributed by atoms with Gasteiger partial charge in [-0.15, -0.1) is 0 Å². The molecule has 2 heterocycles. The van der Waals surface area contributed by atoms with Gasteiger partial charge in [0.15, 0.2) is 5.75 Å². The molecule has 0 amide bonds. The molecule has 1 unspecified atom stereocenters. The van der Waals surface area contributed by atoms with Crippen molar-refractivity contribution in [3.63, 3.8) is 0 Å². The second kappa shape index (κ2) is 5.70. The van der Waals surface area contributed by atoms with Gasteiger partial charge in [0.1, 0.15) is 0 Å². The highest BCUT2D eigenvalue weighted by molar-refractivity contribution is 5.30. The summed E-state index contributed by atoms with van der Waals surface area (Å²) in [7, 11) is 0. The van der Waals surface area contributed by atoms with Crippen LogP contribution in [-0.4, -0.2) is 29.3 Å². The van der Waals surface area contributed by atoms with Crippen LogP contribution in [0.5, 0.6) is 11.6 Å². The smallest absolute Gasteiger partial charge is 0.256 e. The van der Waals surface area contributed by atoms with Crippen molar-refractivity contribution in [1.29, 1.82) is 0 Å². The van der Waals surface area contributed by atoms with Gasteiger partial charge < -0.3 is 15.2 Å². The monoisotopic (exact) mass is 222 g/mol. The maximum absolute atomic E-state index is 9.44. The summed E-state index contributed by atoms with van der Waals surface area (Å²) < 4.78 is 5.44. The van der Waals surface area contributed by atoms with Crippen molar-refractivity contribution in [3.05, 3.63) is 18.3 Å². The average Bonchev–Trinajstić information content (AvgIpc) is 2.33. The van der Waals surface area contributed by atoms with Crippen LogP contribution in [0.3, 0.4) is 0 Å². The van der Waals surface area contributed by atoms with Gasteiger partial charge in [-0.1, -0.05) is 6.42 Å². The zero-order chi connectivity index (χ0) is 11.2. The molecule has 0 radical (unpaired) electrons. The third kappa shape index (κ3) is 3.10. The summed E-state index contributed by atoms with van der Waals surface area (Å²) in [6.45, 7) is 1.71. The average molecular weight is 222 g/mol. The van der Waals surface area contributed by atoms with Gasteiger partial charge in [0.05, 0.1) is 6.61 Å². The lowest BCUT2D eigenvalue weighted by molar-refractivity contribution is 0.250. The molecule has 0 aliphatic carbocycles. The Bertz CT molecular complexity index is 325. The van der Waals surface area contributed by atoms with Crippen LogP contribution in [-0.2, 0) is 0 Å². The first-order valence-electron chi connectivity index (χ1n) is 5.86. The molecule has 0 saturated carbocycles. The number of pyridine rings is 1. The zero-order valence-corrected chi connectivity index (χ0v) is 9.35. The molecule has 16 heavy (non-hydrogen) atoms. The van der Waals surface area contributed by atoms with E-state index >= 15 is 0 Å². The predicted octanol–water partition coefficient (Wildman–Crippen LogP) is 1.70. The van der Waals surface area contributed by atoms with E-state index in [2.05, 4.69) is 10.3 Å². The topological polar surface area (TPSA) is 54.4 Å². The largest absolute Gasteiger partial charge is 0.503 e. The Labute approximate surface area is 95.7 Å². The van der Waals surface area contributed by atoms with Crippen LogP contribution in [0.15, 0.2) is 18.3 Å². The van der Waals surface area contributed by atoms with E-state index in [-0.39, 0.29) is 5.75 Å². The Morgan fingerprint density at radius 2 is 2.44 bits per heavy atom. The van der Waals surface area contributed by atoms with Crippen LogP contribution in [0.1, 0.15) is 25.7 Å². The van der Waals surface area contributed by atoms with Crippen molar-refractivity contribution in [1.82, 2.24) is 10.3 Å². The lowest BCUT2D eigenvalue weighted by Gasteiger charge is -2.23. The van der Waals surface area contributed by atoms with Gasteiger partial charge in [-0.3, -0.25) is 0 Å². The highest BCUT2D eigenvalue weighted by Gasteiger charge is 2.12. The van der Waals surface area contributed by atoms with Crippen LogP contribution >= 0.6 is 0 Å². The number of hydrogen-bond acceptors (Lipinski definition) is 4. The van der Waals surface area contributed by atoms with E-state index in [1.165, 1.54) is 19.3 Å². The van der Waals surface area contributed by atoms with Gasteiger partial charge in [-0.05, 0) is 37.9 Å². The Morgan fingerprint density at radius 3 is 3.19 bits per heavy atom. The van der Waals surface area contributed by atoms with Crippen molar-refractivity contribution < 1.29 is 9.84 Å². The highest BCUT2D eigenvalue weighted by atomic mass is 16.5. The van der Waals surface area contributed by atoms with Gasteiger partial charge in [0.2, 0.25) is 0 Å². The van der Waals surface area contributed by atoms with Gasteiger partial charge in [0.25, 0.3) is 5.88 Å². The molecule has 0 bridgehead atoms. The molecule has 4 heteroatoms. The number of rotatable bonds is 4. The van der Waals surface area contributed by atoms with Gasteiger partial charge in [0, 0.05) is 12.2 Å². The summed E-state index contributed by atoms with van der Waals surface area (Å²) in [4.78, 5) is 3.97. The predicted molar refractivity (Wildman–Crippen MR) is 61.7 cm³/mol. The third-order valence-electron chi connectivity index (χ3n) is 2.87. The molecule has 1 aromatic heterocycles. The number of ether oxygens (including phenoxy) is 1. The lowest BCUT2D eigenvalue weighted by atomic mass is 10.0. The molecule has 2 N–H and O–H groups in total. The number of aromatic nitrogens is 1. The van der Waals surface area contributed by atoms with Crippen LogP contribution in [0.4, 0.5) is 0 Å². The minimum atomic E-state index is 0.110. The molecule has 88 valence electrons. The van der Waals surface area contributed by atoms with Crippen LogP contribution < -0.4 is 10.1 Å². The number of piperidine rings is 1. The first kappa shape index (κ1) is 11.2. The van der Waals surface area contributed by atoms with Crippen LogP contribution in [0.2, 0.25) is 0 Å². The zero-order valence-electron chi connectivity index (χ0n) is 9.35. The van der Waals surface area contributed by atoms with E-state index in [4.69, 9.17) is 4.74 Å². The Balaban J connectivity index is 1.73. The molecule has 2 rings (SSSR count). The fraction of sp³-hybridized carbons (Fsp3) is 0.583. The molecule has 1 saturated heterocycles. The summed E-state index contributed by atoms with van der Waals surface area (Å²) in [5.41, 5.74) is 0. The number of nitrogens with zero attached hydrogens (tertiary/aromatic N) is 1. The van der Waals surface area contributed by atoms with E-state index in [1.807, 2.05) is 0 Å². The fourth-order valence-electron chi connectivity index (χ4n) is 1.96. The normalized spacial score (nSPS) is 20.6. The maximum Gasteiger partial charge on any atom is 0.256 e. The van der Waals surface area contributed by atoms with Gasteiger partial charge in [-0.2, -0.15) is 0 Å². The van der Waals surface area contributed by atoms with Crippen molar-refractivity contribution in [2.45, 2.75) is 31.7 Å². The number of nitrogens with one attached hydrogen (secondary N) is 1. The van der Waals surface area contributed by atoms with Gasteiger partial charge >= 0.3 is 0 Å². The first-order valence-corrected chi connectivity index (χ1v) is 5.86. The molecule has 4 nitrogen and oxygen atoms in total. The van der Waals surface area contributed by atoms with E-state index < -0.39 is 0 Å². The summed E-state index contributed by atoms with van der Waals surface area (Å²) in [5, 5.41) is 12.9. The van der Waals surface area contributed by atoms with Gasteiger partial charge in [-0.25, -0.2) is 4.98 Å². The first-order chi connectivity index (χ1) is 7.86. The Morgan fingerprint density at radius 1 is 1.50 bits per heavy atom. The molecule has 1 aromatic rings. The molecule has 1 fully saturated rings. The van der Waals surface area contributed by atoms with Crippen molar-refractivity contribution in [3.8, 4) is 11.6 Å². The quantitative estimate of drug-likeness (QED) is 0.814. The van der Waals surface area contributed by atoms with E-state index in [9.17, 15) is 5.11 Å². The van der Waals surface area contributed by atoms with Crippen molar-refractivity contribution >= 4 is 0 Å². The number of aromatic hydroxyl groups is 1. The molecule has 1 aliphatic heterocycles. The SMILES string of the molecule is Oc1cccnc1OCCC1CCCCN1. The molecule has 0 spiro atoms. The third-order valence-corrected chi connectivity index (χ3v) is 2.87. The molecule has 1 aliphatic rings. The molecular formula is C12H18N2O2. The minimum absolute atomic E-state index is 0.110. The molecule has 0 aromatic carbocycles. The Kier molecular flexibility index (Phi) is 3.99. The van der Waals surface area contributed by atoms with E-state index in [1.54, 1.807) is 18.3 Å². The Hall–Kier alpha value is -1.29. The summed E-state index contributed by atoms with van der Waals surface area (Å²) in [6.07, 6.45) is 6.38. The van der Waals surface area contributed by atoms with E-state index in [0.717, 1.165) is 13.0 Å². The minimum Gasteiger partial charge on any atom is -0.503 e. The molecular weight excluding hydrogens is 204 g/mol. The summed E-state index contributed by atoms with van der Waals surface area (Å²) in [6, 6.07) is 3.83. The van der Waals surface area contributed by atoms with E-state index in [0.29, 0.717) is 18.5 Å². The van der Waals surface area contributed by atoms with Crippen molar-refractivity contribution in [2.75, 3.05) is 13.2 Å². The lowest BCUT2D eigenvalue weighted by Crippen LogP contribution is -2.35. The second-order valence-corrected chi connectivity index (χ2v) is 4.11. The maximum atomic E-state index is 9.44. The van der Waals surface area contributed by atoms with Crippen LogP contribution in [0, 0.1) is 0 Å². The molecule has 1 atom stereocenters. The second-order valence-electron chi connectivity index (χ2n) is 4.11. The highest BCUT2D eigenvalue weighted by Crippen LogP contribution is 2.21. The summed E-state index contributed by atoms with van der Waals surface area (Å²) in [5.74, 6) is 0.442. The van der Waals surface area contributed by atoms with Crippen LogP contribution in [0.25, 0.3) is 0 Å². The number of hydrogen-bond donors (Lipinski definition) is 2.